The van der Waals surface area contributed by atoms with Gasteiger partial charge in [-0.25, -0.2) is 9.36 Å². The number of Topliss-reactive ketones (excluding diaryl/α,β-unsaturated/α-hetero) is 1. The molecule has 5 nitrogen and oxygen atoms in total. The van der Waals surface area contributed by atoms with E-state index in [1.54, 1.807) is 37.3 Å². The molecule has 0 aliphatic heterocycles. The van der Waals surface area contributed by atoms with Crippen molar-refractivity contribution < 1.29 is 4.79 Å². The molecule has 8 heteroatoms. The summed E-state index contributed by atoms with van der Waals surface area (Å²) in [7, 11) is 0. The van der Waals surface area contributed by atoms with E-state index in [0.29, 0.717) is 36.4 Å². The van der Waals surface area contributed by atoms with Crippen LogP contribution in [0.5, 0.6) is 0 Å². The number of benzene rings is 2. The van der Waals surface area contributed by atoms with Gasteiger partial charge in [0, 0.05) is 10.0 Å². The van der Waals surface area contributed by atoms with Gasteiger partial charge in [-0.3, -0.25) is 14.2 Å². The molecule has 0 bridgehead atoms. The minimum Gasteiger partial charge on any atom is -0.294 e. The fourth-order valence-corrected chi connectivity index (χ4v) is 4.95. The Morgan fingerprint density at radius 1 is 1.03 bits per heavy atom. The second-order valence-electron chi connectivity index (χ2n) is 6.87. The molecule has 2 heterocycles. The number of hydrogen-bond donors (Lipinski definition) is 0. The highest BCUT2D eigenvalue weighted by Crippen LogP contribution is 2.29. The topological polar surface area (TPSA) is 61.1 Å². The van der Waals surface area contributed by atoms with Gasteiger partial charge in [-0.1, -0.05) is 41.4 Å². The Hall–Kier alpha value is -2.67. The predicted molar refractivity (Wildman–Crippen MR) is 122 cm³/mol. The number of carbonyl (C=O) groups is 1. The van der Waals surface area contributed by atoms with Crippen LogP contribution >= 0.6 is 34.5 Å². The van der Waals surface area contributed by atoms with E-state index in [2.05, 4.69) is 0 Å². The quantitative estimate of drug-likeness (QED) is 0.400. The molecular weight excluding hydrogens is 443 g/mol. The summed E-state index contributed by atoms with van der Waals surface area (Å²) >= 11 is 13.4. The van der Waals surface area contributed by atoms with Gasteiger partial charge in [0.1, 0.15) is 4.83 Å². The number of hydrogen-bond acceptors (Lipinski definition) is 4. The van der Waals surface area contributed by atoms with Crippen molar-refractivity contribution in [3.63, 3.8) is 0 Å². The van der Waals surface area contributed by atoms with E-state index in [1.165, 1.54) is 11.5 Å². The van der Waals surface area contributed by atoms with Crippen LogP contribution in [0.25, 0.3) is 15.9 Å². The highest BCUT2D eigenvalue weighted by atomic mass is 35.5. The van der Waals surface area contributed by atoms with Gasteiger partial charge in [-0.15, -0.1) is 11.3 Å². The average molecular weight is 459 g/mol. The van der Waals surface area contributed by atoms with Crippen molar-refractivity contribution in [2.24, 2.45) is 0 Å². The lowest BCUT2D eigenvalue weighted by Crippen LogP contribution is -2.38. The Morgan fingerprint density at radius 3 is 2.33 bits per heavy atom. The zero-order chi connectivity index (χ0) is 21.6. The summed E-state index contributed by atoms with van der Waals surface area (Å²) in [6.45, 7) is 3.35. The van der Waals surface area contributed by atoms with E-state index in [9.17, 15) is 14.4 Å². The van der Waals surface area contributed by atoms with Crippen molar-refractivity contribution in [3.05, 3.63) is 95.4 Å². The molecule has 0 amide bonds. The first kappa shape index (κ1) is 20.6. The summed E-state index contributed by atoms with van der Waals surface area (Å²) < 4.78 is 2.61. The smallest absolute Gasteiger partial charge is 0.294 e. The molecule has 0 unspecified atom stereocenters. The normalized spacial score (nSPS) is 11.2. The largest absolute Gasteiger partial charge is 0.337 e. The van der Waals surface area contributed by atoms with Gasteiger partial charge in [0.15, 0.2) is 5.78 Å². The van der Waals surface area contributed by atoms with Gasteiger partial charge >= 0.3 is 5.69 Å². The molecular formula is C22H16Cl2N2O3S. The minimum atomic E-state index is -0.508. The number of rotatable bonds is 4. The summed E-state index contributed by atoms with van der Waals surface area (Å²) in [5.74, 6) is -0.150. The van der Waals surface area contributed by atoms with Crippen LogP contribution in [0, 0.1) is 6.92 Å². The van der Waals surface area contributed by atoms with Crippen molar-refractivity contribution in [1.82, 2.24) is 9.13 Å². The van der Waals surface area contributed by atoms with Gasteiger partial charge in [0.25, 0.3) is 5.56 Å². The molecule has 152 valence electrons. The lowest BCUT2D eigenvalue weighted by Gasteiger charge is -2.13. The van der Waals surface area contributed by atoms with Gasteiger partial charge < -0.3 is 0 Å². The van der Waals surface area contributed by atoms with Crippen LogP contribution < -0.4 is 11.2 Å². The predicted octanol–water partition coefficient (Wildman–Crippen LogP) is 5.08. The SMILES string of the molecule is CC(=O)c1sc2c(c1C)c(=O)n(-c1ccc(Cl)cc1)c(=O)n2Cc1ccccc1Cl. The van der Waals surface area contributed by atoms with Crippen LogP contribution in [-0.4, -0.2) is 14.9 Å². The lowest BCUT2D eigenvalue weighted by atomic mass is 10.1. The highest BCUT2D eigenvalue weighted by Gasteiger charge is 2.22. The maximum Gasteiger partial charge on any atom is 0.337 e. The van der Waals surface area contributed by atoms with E-state index in [0.717, 1.165) is 21.5 Å². The summed E-state index contributed by atoms with van der Waals surface area (Å²) in [5.41, 5.74) is 0.738. The van der Waals surface area contributed by atoms with Gasteiger partial charge in [-0.2, -0.15) is 0 Å². The third-order valence-electron chi connectivity index (χ3n) is 4.90. The molecule has 0 radical (unpaired) electrons. The molecule has 0 aliphatic rings. The van der Waals surface area contributed by atoms with Crippen molar-refractivity contribution in [3.8, 4) is 5.69 Å². The Morgan fingerprint density at radius 2 is 1.70 bits per heavy atom. The number of nitrogens with zero attached hydrogens (tertiary/aromatic N) is 2. The monoisotopic (exact) mass is 458 g/mol. The summed E-state index contributed by atoms with van der Waals surface area (Å²) in [6, 6.07) is 13.7. The maximum atomic E-state index is 13.5. The molecule has 0 atom stereocenters. The van der Waals surface area contributed by atoms with Crippen molar-refractivity contribution in [2.75, 3.05) is 0 Å². The van der Waals surface area contributed by atoms with Gasteiger partial charge in [0.2, 0.25) is 0 Å². The van der Waals surface area contributed by atoms with Crippen LogP contribution in [0.1, 0.15) is 27.7 Å². The summed E-state index contributed by atoms with van der Waals surface area (Å²) in [5, 5.41) is 1.36. The molecule has 30 heavy (non-hydrogen) atoms. The third-order valence-corrected chi connectivity index (χ3v) is 6.94. The maximum absolute atomic E-state index is 13.5. The third kappa shape index (κ3) is 3.41. The number of fused-ring (bicyclic) bond motifs is 1. The lowest BCUT2D eigenvalue weighted by molar-refractivity contribution is 0.102. The molecule has 2 aromatic heterocycles. The molecule has 0 spiro atoms. The summed E-state index contributed by atoms with van der Waals surface area (Å²) in [6.07, 6.45) is 0. The molecule has 0 aliphatic carbocycles. The van der Waals surface area contributed by atoms with Crippen molar-refractivity contribution in [1.29, 1.82) is 0 Å². The second kappa shape index (κ2) is 7.87. The van der Waals surface area contributed by atoms with E-state index >= 15 is 0 Å². The Balaban J connectivity index is 2.11. The van der Waals surface area contributed by atoms with E-state index < -0.39 is 11.2 Å². The first-order valence-electron chi connectivity index (χ1n) is 9.09. The van der Waals surface area contributed by atoms with Crippen LogP contribution in [-0.2, 0) is 6.54 Å². The van der Waals surface area contributed by atoms with Crippen molar-refractivity contribution in [2.45, 2.75) is 20.4 Å². The van der Waals surface area contributed by atoms with Crippen LogP contribution in [0.2, 0.25) is 10.0 Å². The van der Waals surface area contributed by atoms with Crippen LogP contribution in [0.15, 0.2) is 58.1 Å². The van der Waals surface area contributed by atoms with Gasteiger partial charge in [-0.05, 0) is 55.3 Å². The Kier molecular flexibility index (Phi) is 5.40. The molecule has 0 saturated carbocycles. The first-order chi connectivity index (χ1) is 14.3. The average Bonchev–Trinajstić information content (AvgIpc) is 3.06. The number of halogens is 2. The number of aryl methyl sites for hydroxylation is 1. The molecule has 4 aromatic rings. The zero-order valence-corrected chi connectivity index (χ0v) is 18.4. The van der Waals surface area contributed by atoms with Crippen LogP contribution in [0.4, 0.5) is 0 Å². The van der Waals surface area contributed by atoms with E-state index in [1.807, 2.05) is 18.2 Å². The number of ketones is 1. The van der Waals surface area contributed by atoms with Gasteiger partial charge in [0.05, 0.1) is 22.5 Å². The van der Waals surface area contributed by atoms with E-state index in [-0.39, 0.29) is 12.3 Å². The van der Waals surface area contributed by atoms with Crippen molar-refractivity contribution >= 4 is 50.5 Å². The zero-order valence-electron chi connectivity index (χ0n) is 16.1. The Labute approximate surface area is 185 Å². The number of aromatic nitrogens is 2. The molecule has 0 saturated heterocycles. The molecule has 0 fully saturated rings. The van der Waals surface area contributed by atoms with Crippen LogP contribution in [0.3, 0.4) is 0 Å². The standard InChI is InChI=1S/C22H16Cl2N2O3S/c1-12-18-20(28)26(16-9-7-15(23)8-10-16)22(29)25(21(18)30-19(12)13(2)27)11-14-5-3-4-6-17(14)24/h3-10H,11H2,1-2H3. The first-order valence-corrected chi connectivity index (χ1v) is 10.7. The fraction of sp³-hybridized carbons (Fsp3) is 0.136. The van der Waals surface area contributed by atoms with E-state index in [4.69, 9.17) is 23.2 Å². The fourth-order valence-electron chi connectivity index (χ4n) is 3.44. The molecule has 0 N–H and O–H groups in total. The minimum absolute atomic E-state index is 0.150. The molecule has 2 aromatic carbocycles. The summed E-state index contributed by atoms with van der Waals surface area (Å²) in [4.78, 5) is 39.9. The molecule has 4 rings (SSSR count). The second-order valence-corrected chi connectivity index (χ2v) is 8.71. The number of thiophene rings is 1. The Bertz CT molecular complexity index is 1420. The highest BCUT2D eigenvalue weighted by molar-refractivity contribution is 7.20. The number of carbonyl (C=O) groups excluding carboxylic acids is 1.